The minimum Gasteiger partial charge on any atom is -0.496 e. The number of methoxy groups -OCH3 is 1. The Kier molecular flexibility index (Phi) is 5.63. The van der Waals surface area contributed by atoms with Gasteiger partial charge >= 0.3 is 0 Å². The fourth-order valence-corrected chi connectivity index (χ4v) is 1.83. The molecule has 0 atom stereocenters. The summed E-state index contributed by atoms with van der Waals surface area (Å²) in [6, 6.07) is 8.19. The van der Waals surface area contributed by atoms with Crippen molar-refractivity contribution in [3.05, 3.63) is 29.8 Å². The highest BCUT2D eigenvalue weighted by Gasteiger charge is 2.09. The SMILES string of the molecule is COc1ccccc1CN(C)CCNC(C)(C)C. The standard InChI is InChI=1S/C15H26N2O/c1-15(2,3)16-10-11-17(4)12-13-8-6-7-9-14(13)18-5/h6-9,16H,10-12H2,1-5H3. The molecule has 0 aliphatic carbocycles. The quantitative estimate of drug-likeness (QED) is 0.839. The monoisotopic (exact) mass is 250 g/mol. The van der Waals surface area contributed by atoms with E-state index >= 15 is 0 Å². The largest absolute Gasteiger partial charge is 0.496 e. The molecule has 0 fully saturated rings. The zero-order valence-electron chi connectivity index (χ0n) is 12.3. The van der Waals surface area contributed by atoms with Crippen molar-refractivity contribution in [3.63, 3.8) is 0 Å². The zero-order chi connectivity index (χ0) is 13.6. The second-order valence-corrected chi connectivity index (χ2v) is 5.73. The van der Waals surface area contributed by atoms with Crippen LogP contribution in [0, 0.1) is 0 Å². The molecular weight excluding hydrogens is 224 g/mol. The van der Waals surface area contributed by atoms with Gasteiger partial charge in [0, 0.05) is 30.7 Å². The van der Waals surface area contributed by atoms with E-state index in [-0.39, 0.29) is 5.54 Å². The highest BCUT2D eigenvalue weighted by atomic mass is 16.5. The van der Waals surface area contributed by atoms with Crippen LogP contribution in [0.2, 0.25) is 0 Å². The smallest absolute Gasteiger partial charge is 0.123 e. The maximum Gasteiger partial charge on any atom is 0.123 e. The highest BCUT2D eigenvalue weighted by Crippen LogP contribution is 2.18. The summed E-state index contributed by atoms with van der Waals surface area (Å²) in [7, 11) is 3.86. The van der Waals surface area contributed by atoms with Crippen molar-refractivity contribution in [1.82, 2.24) is 10.2 Å². The summed E-state index contributed by atoms with van der Waals surface area (Å²) in [6.45, 7) is 9.49. The number of hydrogen-bond donors (Lipinski definition) is 1. The molecule has 1 aromatic carbocycles. The van der Waals surface area contributed by atoms with Gasteiger partial charge in [-0.05, 0) is 33.9 Å². The van der Waals surface area contributed by atoms with Crippen LogP contribution in [0.15, 0.2) is 24.3 Å². The van der Waals surface area contributed by atoms with Gasteiger partial charge in [0.05, 0.1) is 7.11 Å². The summed E-state index contributed by atoms with van der Waals surface area (Å²) in [4.78, 5) is 2.30. The van der Waals surface area contributed by atoms with Crippen molar-refractivity contribution < 1.29 is 4.74 Å². The summed E-state index contributed by atoms with van der Waals surface area (Å²) in [5, 5.41) is 3.49. The van der Waals surface area contributed by atoms with Crippen molar-refractivity contribution >= 4 is 0 Å². The van der Waals surface area contributed by atoms with E-state index in [4.69, 9.17) is 4.74 Å². The second kappa shape index (κ2) is 6.76. The molecule has 0 unspecified atom stereocenters. The fraction of sp³-hybridized carbons (Fsp3) is 0.600. The lowest BCUT2D eigenvalue weighted by Gasteiger charge is -2.24. The number of rotatable bonds is 6. The molecule has 0 aliphatic rings. The molecule has 0 amide bonds. The molecule has 102 valence electrons. The Morgan fingerprint density at radius 3 is 2.50 bits per heavy atom. The normalized spacial score (nSPS) is 11.9. The predicted molar refractivity (Wildman–Crippen MR) is 77.1 cm³/mol. The van der Waals surface area contributed by atoms with Gasteiger partial charge in [0.2, 0.25) is 0 Å². The minimum atomic E-state index is 0.186. The number of para-hydroxylation sites is 1. The summed E-state index contributed by atoms with van der Waals surface area (Å²) in [6.07, 6.45) is 0. The average Bonchev–Trinajstić information content (AvgIpc) is 2.28. The van der Waals surface area contributed by atoms with Gasteiger partial charge in [-0.2, -0.15) is 0 Å². The van der Waals surface area contributed by atoms with Crippen LogP contribution >= 0.6 is 0 Å². The lowest BCUT2D eigenvalue weighted by Crippen LogP contribution is -2.40. The van der Waals surface area contributed by atoms with Crippen LogP contribution in [0.3, 0.4) is 0 Å². The lowest BCUT2D eigenvalue weighted by atomic mass is 10.1. The van der Waals surface area contributed by atoms with E-state index in [0.29, 0.717) is 0 Å². The molecule has 0 saturated carbocycles. The first kappa shape index (κ1) is 15.0. The van der Waals surface area contributed by atoms with Crippen molar-refractivity contribution in [1.29, 1.82) is 0 Å². The number of nitrogens with zero attached hydrogens (tertiary/aromatic N) is 1. The molecule has 1 N–H and O–H groups in total. The van der Waals surface area contributed by atoms with Crippen molar-refractivity contribution in [3.8, 4) is 5.75 Å². The maximum absolute atomic E-state index is 5.36. The molecule has 0 radical (unpaired) electrons. The van der Waals surface area contributed by atoms with E-state index < -0.39 is 0 Å². The van der Waals surface area contributed by atoms with E-state index in [0.717, 1.165) is 25.4 Å². The third-order valence-corrected chi connectivity index (χ3v) is 2.78. The van der Waals surface area contributed by atoms with E-state index in [9.17, 15) is 0 Å². The summed E-state index contributed by atoms with van der Waals surface area (Å²) < 4.78 is 5.36. The molecule has 18 heavy (non-hydrogen) atoms. The molecule has 0 aromatic heterocycles. The van der Waals surface area contributed by atoms with Gasteiger partial charge in [0.25, 0.3) is 0 Å². The molecular formula is C15H26N2O. The Bertz CT molecular complexity index is 358. The van der Waals surface area contributed by atoms with Gasteiger partial charge in [0.15, 0.2) is 0 Å². The molecule has 1 rings (SSSR count). The Balaban J connectivity index is 2.42. The third-order valence-electron chi connectivity index (χ3n) is 2.78. The molecule has 3 heteroatoms. The summed E-state index contributed by atoms with van der Waals surface area (Å²) in [5.41, 5.74) is 1.42. The first-order chi connectivity index (χ1) is 8.42. The summed E-state index contributed by atoms with van der Waals surface area (Å²) >= 11 is 0. The Hall–Kier alpha value is -1.06. The van der Waals surface area contributed by atoms with Crippen LogP contribution in [-0.4, -0.2) is 37.7 Å². The minimum absolute atomic E-state index is 0.186. The highest BCUT2D eigenvalue weighted by molar-refractivity contribution is 5.32. The van der Waals surface area contributed by atoms with E-state index in [1.54, 1.807) is 7.11 Å². The van der Waals surface area contributed by atoms with Gasteiger partial charge in [-0.1, -0.05) is 18.2 Å². The maximum atomic E-state index is 5.36. The van der Waals surface area contributed by atoms with Gasteiger partial charge in [0.1, 0.15) is 5.75 Å². The second-order valence-electron chi connectivity index (χ2n) is 5.73. The van der Waals surface area contributed by atoms with E-state index in [1.807, 2.05) is 12.1 Å². The van der Waals surface area contributed by atoms with Gasteiger partial charge in [-0.25, -0.2) is 0 Å². The number of nitrogens with one attached hydrogen (secondary N) is 1. The number of benzene rings is 1. The van der Waals surface area contributed by atoms with Crippen LogP contribution in [-0.2, 0) is 6.54 Å². The third kappa shape index (κ3) is 5.52. The van der Waals surface area contributed by atoms with Crippen molar-refractivity contribution in [2.75, 3.05) is 27.2 Å². The molecule has 3 nitrogen and oxygen atoms in total. The van der Waals surface area contributed by atoms with E-state index in [1.165, 1.54) is 5.56 Å². The predicted octanol–water partition coefficient (Wildman–Crippen LogP) is 2.52. The van der Waals surface area contributed by atoms with Gasteiger partial charge in [-0.3, -0.25) is 0 Å². The number of likely N-dealkylation sites (N-methyl/N-ethyl adjacent to an activating group) is 1. The van der Waals surface area contributed by atoms with Crippen molar-refractivity contribution in [2.45, 2.75) is 32.9 Å². The Morgan fingerprint density at radius 1 is 1.22 bits per heavy atom. The Morgan fingerprint density at radius 2 is 1.89 bits per heavy atom. The lowest BCUT2D eigenvalue weighted by molar-refractivity contribution is 0.297. The van der Waals surface area contributed by atoms with Crippen LogP contribution in [0.5, 0.6) is 5.75 Å². The topological polar surface area (TPSA) is 24.5 Å². The average molecular weight is 250 g/mol. The van der Waals surface area contributed by atoms with E-state index in [2.05, 4.69) is 50.2 Å². The van der Waals surface area contributed by atoms with Crippen molar-refractivity contribution in [2.24, 2.45) is 0 Å². The first-order valence-electron chi connectivity index (χ1n) is 6.48. The van der Waals surface area contributed by atoms with Crippen LogP contribution in [0.25, 0.3) is 0 Å². The Labute approximate surface area is 111 Å². The molecule has 0 saturated heterocycles. The first-order valence-corrected chi connectivity index (χ1v) is 6.48. The molecule has 1 aromatic rings. The number of ether oxygens (including phenoxy) is 1. The molecule has 0 bridgehead atoms. The van der Waals surface area contributed by atoms with Gasteiger partial charge in [-0.15, -0.1) is 0 Å². The van der Waals surface area contributed by atoms with Crippen LogP contribution in [0.1, 0.15) is 26.3 Å². The number of hydrogen-bond acceptors (Lipinski definition) is 3. The zero-order valence-corrected chi connectivity index (χ0v) is 12.3. The molecule has 0 aliphatic heterocycles. The van der Waals surface area contributed by atoms with Gasteiger partial charge < -0.3 is 15.0 Å². The fourth-order valence-electron chi connectivity index (χ4n) is 1.83. The molecule has 0 heterocycles. The van der Waals surface area contributed by atoms with Crippen LogP contribution in [0.4, 0.5) is 0 Å². The summed E-state index contributed by atoms with van der Waals surface area (Å²) in [5.74, 6) is 0.966. The molecule has 0 spiro atoms. The van der Waals surface area contributed by atoms with Crippen LogP contribution < -0.4 is 10.1 Å².